The van der Waals surface area contributed by atoms with Crippen molar-refractivity contribution in [1.82, 2.24) is 0 Å². The average Bonchev–Trinajstić information content (AvgIpc) is 2.66. The Labute approximate surface area is 147 Å². The summed E-state index contributed by atoms with van der Waals surface area (Å²) in [6.07, 6.45) is 7.03. The lowest BCUT2D eigenvalue weighted by molar-refractivity contribution is 0.103. The van der Waals surface area contributed by atoms with Crippen LogP contribution >= 0.6 is 0 Å². The fourth-order valence-corrected chi connectivity index (χ4v) is 3.72. The van der Waals surface area contributed by atoms with Gasteiger partial charge in [-0.15, -0.1) is 0 Å². The van der Waals surface area contributed by atoms with Crippen molar-refractivity contribution in [1.29, 1.82) is 0 Å². The molecule has 2 aromatic carbocycles. The molecule has 0 saturated heterocycles. The lowest BCUT2D eigenvalue weighted by Gasteiger charge is -2.34. The third kappa shape index (κ3) is 3.95. The van der Waals surface area contributed by atoms with Gasteiger partial charge < -0.3 is 0 Å². The molecule has 0 radical (unpaired) electrons. The molecular formula is C23H30O. The molecule has 1 nitrogen and oxygen atoms in total. The van der Waals surface area contributed by atoms with Crippen LogP contribution in [0.25, 0.3) is 0 Å². The monoisotopic (exact) mass is 322 g/mol. The third-order valence-electron chi connectivity index (χ3n) is 5.39. The highest BCUT2D eigenvalue weighted by molar-refractivity contribution is 6.10. The fourth-order valence-electron chi connectivity index (χ4n) is 3.72. The fraction of sp³-hybridized carbons (Fsp3) is 0.435. The summed E-state index contributed by atoms with van der Waals surface area (Å²) in [7, 11) is 0. The quantitative estimate of drug-likeness (QED) is 0.377. The number of carbonyl (C=O) groups is 1. The molecule has 0 aliphatic heterocycles. The van der Waals surface area contributed by atoms with E-state index in [9.17, 15) is 4.79 Å². The molecule has 0 bridgehead atoms. The smallest absolute Gasteiger partial charge is 0.193 e. The molecule has 0 heterocycles. The van der Waals surface area contributed by atoms with E-state index in [1.807, 2.05) is 42.5 Å². The summed E-state index contributed by atoms with van der Waals surface area (Å²) in [6, 6.07) is 17.9. The molecule has 2 rings (SSSR count). The van der Waals surface area contributed by atoms with Crippen molar-refractivity contribution in [2.45, 2.75) is 64.7 Å². The van der Waals surface area contributed by atoms with E-state index >= 15 is 0 Å². The van der Waals surface area contributed by atoms with Crippen LogP contribution in [0, 0.1) is 0 Å². The molecule has 0 aliphatic carbocycles. The van der Waals surface area contributed by atoms with Gasteiger partial charge >= 0.3 is 0 Å². The van der Waals surface area contributed by atoms with E-state index in [0.29, 0.717) is 0 Å². The normalized spacial score (nSPS) is 11.5. The van der Waals surface area contributed by atoms with Gasteiger partial charge in [0.2, 0.25) is 0 Å². The molecule has 1 heteroatoms. The van der Waals surface area contributed by atoms with Crippen molar-refractivity contribution >= 4 is 5.78 Å². The number of rotatable bonds is 9. The molecule has 0 aromatic heterocycles. The first-order valence-corrected chi connectivity index (χ1v) is 9.37. The zero-order valence-electron chi connectivity index (χ0n) is 15.3. The molecule has 0 N–H and O–H groups in total. The predicted molar refractivity (Wildman–Crippen MR) is 103 cm³/mol. The number of hydrogen-bond donors (Lipinski definition) is 0. The van der Waals surface area contributed by atoms with Crippen LogP contribution in [0.4, 0.5) is 0 Å². The molecular weight excluding hydrogens is 292 g/mol. The van der Waals surface area contributed by atoms with E-state index < -0.39 is 0 Å². The third-order valence-corrected chi connectivity index (χ3v) is 5.39. The first-order chi connectivity index (χ1) is 11.7. The second-order valence-electron chi connectivity index (χ2n) is 6.69. The molecule has 0 spiro atoms. The van der Waals surface area contributed by atoms with Gasteiger partial charge in [0.15, 0.2) is 5.78 Å². The lowest BCUT2D eigenvalue weighted by Crippen LogP contribution is -2.27. The number of carbonyl (C=O) groups excluding carboxylic acids is 1. The van der Waals surface area contributed by atoms with Gasteiger partial charge in [0.1, 0.15) is 0 Å². The summed E-state index contributed by atoms with van der Waals surface area (Å²) in [5.74, 6) is 0.146. The Morgan fingerprint density at radius 1 is 0.833 bits per heavy atom. The summed E-state index contributed by atoms with van der Waals surface area (Å²) < 4.78 is 0. The lowest BCUT2D eigenvalue weighted by atomic mass is 9.70. The van der Waals surface area contributed by atoms with Gasteiger partial charge in [-0.25, -0.2) is 0 Å². The molecule has 0 atom stereocenters. The van der Waals surface area contributed by atoms with Gasteiger partial charge in [0.25, 0.3) is 0 Å². The highest BCUT2D eigenvalue weighted by Crippen LogP contribution is 2.39. The highest BCUT2D eigenvalue weighted by atomic mass is 16.1. The molecule has 0 amide bonds. The van der Waals surface area contributed by atoms with Gasteiger partial charge in [-0.2, -0.15) is 0 Å². The maximum absolute atomic E-state index is 13.1. The van der Waals surface area contributed by atoms with E-state index in [-0.39, 0.29) is 11.2 Å². The second-order valence-corrected chi connectivity index (χ2v) is 6.69. The number of benzene rings is 2. The van der Waals surface area contributed by atoms with Crippen molar-refractivity contribution in [3.05, 3.63) is 71.3 Å². The highest BCUT2D eigenvalue weighted by Gasteiger charge is 2.31. The van der Waals surface area contributed by atoms with Crippen LogP contribution in [0.5, 0.6) is 0 Å². The average molecular weight is 322 g/mol. The Kier molecular flexibility index (Phi) is 6.78. The van der Waals surface area contributed by atoms with E-state index in [1.165, 1.54) is 24.8 Å². The summed E-state index contributed by atoms with van der Waals surface area (Å²) in [5.41, 5.74) is 3.00. The molecule has 0 saturated carbocycles. The predicted octanol–water partition coefficient (Wildman–Crippen LogP) is 6.56. The summed E-state index contributed by atoms with van der Waals surface area (Å²) in [5, 5.41) is 0. The van der Waals surface area contributed by atoms with E-state index in [4.69, 9.17) is 0 Å². The summed E-state index contributed by atoms with van der Waals surface area (Å²) in [4.78, 5) is 13.1. The van der Waals surface area contributed by atoms with E-state index in [2.05, 4.69) is 32.9 Å². The second kappa shape index (κ2) is 8.82. The minimum absolute atomic E-state index is 0.107. The zero-order valence-corrected chi connectivity index (χ0v) is 15.3. The van der Waals surface area contributed by atoms with Crippen LogP contribution in [0.2, 0.25) is 0 Å². The first-order valence-electron chi connectivity index (χ1n) is 9.37. The zero-order chi connectivity index (χ0) is 17.4. The maximum atomic E-state index is 13.1. The Balaban J connectivity index is 2.43. The largest absolute Gasteiger partial charge is 0.289 e. The van der Waals surface area contributed by atoms with Crippen LogP contribution in [-0.4, -0.2) is 5.78 Å². The number of ketones is 1. The van der Waals surface area contributed by atoms with Crippen LogP contribution in [0.1, 0.15) is 80.8 Å². The van der Waals surface area contributed by atoms with Gasteiger partial charge in [-0.05, 0) is 30.2 Å². The molecule has 2 aromatic rings. The van der Waals surface area contributed by atoms with Crippen molar-refractivity contribution in [3.8, 4) is 0 Å². The molecule has 0 unspecified atom stereocenters. The van der Waals surface area contributed by atoms with Crippen molar-refractivity contribution < 1.29 is 4.79 Å². The van der Waals surface area contributed by atoms with Crippen LogP contribution in [0.3, 0.4) is 0 Å². The van der Waals surface area contributed by atoms with Gasteiger partial charge in [-0.3, -0.25) is 4.79 Å². The number of hydrogen-bond acceptors (Lipinski definition) is 1. The standard InChI is InChI=1S/C23H30O/c1-4-7-13-18-23(5-2,6-3)21-17-12-11-16-20(21)22(24)19-14-9-8-10-15-19/h8-12,14-17H,4-7,13,18H2,1-3H3. The first kappa shape index (κ1) is 18.4. The minimum Gasteiger partial charge on any atom is -0.289 e. The van der Waals surface area contributed by atoms with Gasteiger partial charge in [-0.1, -0.05) is 94.6 Å². The number of unbranched alkanes of at least 4 members (excludes halogenated alkanes) is 2. The Morgan fingerprint density at radius 3 is 2.08 bits per heavy atom. The SMILES string of the molecule is CCCCCC(CC)(CC)c1ccccc1C(=O)c1ccccc1. The van der Waals surface area contributed by atoms with Crippen molar-refractivity contribution in [2.75, 3.05) is 0 Å². The Hall–Kier alpha value is -1.89. The molecule has 0 aliphatic rings. The Morgan fingerprint density at radius 2 is 1.46 bits per heavy atom. The van der Waals surface area contributed by atoms with Crippen molar-refractivity contribution in [2.24, 2.45) is 0 Å². The van der Waals surface area contributed by atoms with Crippen LogP contribution in [-0.2, 0) is 5.41 Å². The van der Waals surface area contributed by atoms with Crippen molar-refractivity contribution in [3.63, 3.8) is 0 Å². The maximum Gasteiger partial charge on any atom is 0.193 e. The molecule has 128 valence electrons. The topological polar surface area (TPSA) is 17.1 Å². The Bertz CT molecular complexity index is 638. The van der Waals surface area contributed by atoms with Crippen LogP contribution in [0.15, 0.2) is 54.6 Å². The van der Waals surface area contributed by atoms with Gasteiger partial charge in [0, 0.05) is 11.1 Å². The van der Waals surface area contributed by atoms with E-state index in [1.54, 1.807) is 0 Å². The molecule has 24 heavy (non-hydrogen) atoms. The summed E-state index contributed by atoms with van der Waals surface area (Å²) in [6.45, 7) is 6.77. The summed E-state index contributed by atoms with van der Waals surface area (Å²) >= 11 is 0. The minimum atomic E-state index is 0.107. The van der Waals surface area contributed by atoms with E-state index in [0.717, 1.165) is 30.4 Å². The van der Waals surface area contributed by atoms with Gasteiger partial charge in [0.05, 0.1) is 0 Å². The van der Waals surface area contributed by atoms with Crippen LogP contribution < -0.4 is 0 Å². The molecule has 0 fully saturated rings.